The number of likely N-dealkylation sites (tertiary alicyclic amines) is 1. The molecule has 18 heavy (non-hydrogen) atoms. The second kappa shape index (κ2) is 6.06. The van der Waals surface area contributed by atoms with Gasteiger partial charge in [0.25, 0.3) is 0 Å². The highest BCUT2D eigenvalue weighted by Crippen LogP contribution is 2.18. The lowest BCUT2D eigenvalue weighted by Gasteiger charge is -2.26. The average Bonchev–Trinajstić information content (AvgIpc) is 2.46. The predicted octanol–water partition coefficient (Wildman–Crippen LogP) is 1.92. The molecule has 94 valence electrons. The molecule has 1 saturated heterocycles. The molecular formula is C14H16N2O2. The maximum absolute atomic E-state index is 11.8. The van der Waals surface area contributed by atoms with Crippen LogP contribution in [0, 0.1) is 17.4 Å². The number of benzene rings is 1. The molecule has 0 spiro atoms. The smallest absolute Gasteiger partial charge is 0.309 e. The normalized spacial score (nSPS) is 16.1. The van der Waals surface area contributed by atoms with Crippen molar-refractivity contribution in [2.75, 3.05) is 13.1 Å². The van der Waals surface area contributed by atoms with Crippen molar-refractivity contribution in [3.8, 4) is 6.19 Å². The van der Waals surface area contributed by atoms with Gasteiger partial charge in [-0.2, -0.15) is 5.26 Å². The zero-order valence-corrected chi connectivity index (χ0v) is 10.2. The molecule has 0 bridgehead atoms. The van der Waals surface area contributed by atoms with E-state index in [1.54, 1.807) is 4.90 Å². The van der Waals surface area contributed by atoms with Gasteiger partial charge in [-0.1, -0.05) is 30.3 Å². The molecule has 1 aliphatic heterocycles. The third-order valence-corrected chi connectivity index (χ3v) is 3.19. The molecule has 0 radical (unpaired) electrons. The van der Waals surface area contributed by atoms with E-state index in [0.29, 0.717) is 32.5 Å². The summed E-state index contributed by atoms with van der Waals surface area (Å²) in [6.45, 7) is 1.64. The van der Waals surface area contributed by atoms with Crippen LogP contribution in [0.2, 0.25) is 0 Å². The highest BCUT2D eigenvalue weighted by Gasteiger charge is 2.25. The Morgan fingerprint density at radius 3 is 2.61 bits per heavy atom. The lowest BCUT2D eigenvalue weighted by Crippen LogP contribution is -2.34. The van der Waals surface area contributed by atoms with Crippen LogP contribution in [0.25, 0.3) is 0 Å². The lowest BCUT2D eigenvalue weighted by atomic mass is 9.97. The number of carbonyl (C=O) groups is 1. The standard InChI is InChI=1S/C14H16N2O2/c15-11-16-8-6-13(7-9-16)14(17)18-10-12-4-2-1-3-5-12/h1-5,13H,6-10H2. The van der Waals surface area contributed by atoms with Crippen LogP contribution in [0.4, 0.5) is 0 Å². The molecule has 1 aliphatic rings. The summed E-state index contributed by atoms with van der Waals surface area (Å²) >= 11 is 0. The molecule has 4 heteroatoms. The van der Waals surface area contributed by atoms with E-state index in [9.17, 15) is 4.79 Å². The molecule has 1 heterocycles. The van der Waals surface area contributed by atoms with Crippen LogP contribution in [-0.2, 0) is 16.1 Å². The van der Waals surface area contributed by atoms with Crippen LogP contribution in [0.3, 0.4) is 0 Å². The second-order valence-electron chi connectivity index (χ2n) is 4.45. The Kier molecular flexibility index (Phi) is 4.19. The van der Waals surface area contributed by atoms with Crippen LogP contribution in [0.5, 0.6) is 0 Å². The summed E-state index contributed by atoms with van der Waals surface area (Å²) in [7, 11) is 0. The van der Waals surface area contributed by atoms with E-state index in [1.807, 2.05) is 30.3 Å². The van der Waals surface area contributed by atoms with Crippen molar-refractivity contribution in [3.63, 3.8) is 0 Å². The molecule has 2 rings (SSSR count). The van der Waals surface area contributed by atoms with Crippen LogP contribution >= 0.6 is 0 Å². The minimum Gasteiger partial charge on any atom is -0.461 e. The van der Waals surface area contributed by atoms with Gasteiger partial charge in [0, 0.05) is 13.1 Å². The topological polar surface area (TPSA) is 53.3 Å². The summed E-state index contributed by atoms with van der Waals surface area (Å²) in [5.41, 5.74) is 1.00. The third-order valence-electron chi connectivity index (χ3n) is 3.19. The number of hydrogen-bond acceptors (Lipinski definition) is 4. The number of nitriles is 1. The van der Waals surface area contributed by atoms with E-state index in [0.717, 1.165) is 5.56 Å². The molecule has 0 amide bonds. The molecular weight excluding hydrogens is 228 g/mol. The Bertz CT molecular complexity index is 431. The van der Waals surface area contributed by atoms with Crippen molar-refractivity contribution in [2.45, 2.75) is 19.4 Å². The lowest BCUT2D eigenvalue weighted by molar-refractivity contribution is -0.151. The highest BCUT2D eigenvalue weighted by molar-refractivity contribution is 5.72. The van der Waals surface area contributed by atoms with Crippen LogP contribution in [0.15, 0.2) is 30.3 Å². The van der Waals surface area contributed by atoms with Gasteiger partial charge in [-0.15, -0.1) is 0 Å². The van der Waals surface area contributed by atoms with Crippen molar-refractivity contribution in [2.24, 2.45) is 5.92 Å². The first-order chi connectivity index (χ1) is 8.79. The number of esters is 1. The number of nitrogens with zero attached hydrogens (tertiary/aromatic N) is 2. The first-order valence-electron chi connectivity index (χ1n) is 6.15. The molecule has 1 aromatic carbocycles. The Morgan fingerprint density at radius 1 is 1.33 bits per heavy atom. The van der Waals surface area contributed by atoms with Crippen molar-refractivity contribution >= 4 is 5.97 Å². The summed E-state index contributed by atoms with van der Waals surface area (Å²) in [6, 6.07) is 9.66. The maximum Gasteiger partial charge on any atom is 0.309 e. The van der Waals surface area contributed by atoms with Gasteiger partial charge < -0.3 is 9.64 Å². The Morgan fingerprint density at radius 2 is 2.00 bits per heavy atom. The van der Waals surface area contributed by atoms with Gasteiger partial charge in [-0.3, -0.25) is 4.79 Å². The number of carbonyl (C=O) groups excluding carboxylic acids is 1. The number of piperidine rings is 1. The van der Waals surface area contributed by atoms with Gasteiger partial charge >= 0.3 is 5.97 Å². The number of ether oxygens (including phenoxy) is 1. The van der Waals surface area contributed by atoms with Crippen LogP contribution in [-0.4, -0.2) is 24.0 Å². The predicted molar refractivity (Wildman–Crippen MR) is 66.1 cm³/mol. The van der Waals surface area contributed by atoms with Gasteiger partial charge in [0.1, 0.15) is 6.61 Å². The first kappa shape index (κ1) is 12.4. The summed E-state index contributed by atoms with van der Waals surface area (Å²) < 4.78 is 5.30. The van der Waals surface area contributed by atoms with E-state index >= 15 is 0 Å². The molecule has 0 aliphatic carbocycles. The summed E-state index contributed by atoms with van der Waals surface area (Å²) in [5.74, 6) is -0.199. The van der Waals surface area contributed by atoms with Crippen molar-refractivity contribution in [3.05, 3.63) is 35.9 Å². The zero-order chi connectivity index (χ0) is 12.8. The minimum atomic E-state index is -0.142. The SMILES string of the molecule is N#CN1CCC(C(=O)OCc2ccccc2)CC1. The minimum absolute atomic E-state index is 0.0571. The molecule has 4 nitrogen and oxygen atoms in total. The van der Waals surface area contributed by atoms with E-state index in [1.165, 1.54) is 0 Å². The van der Waals surface area contributed by atoms with Gasteiger partial charge in [0.15, 0.2) is 6.19 Å². The first-order valence-corrected chi connectivity index (χ1v) is 6.15. The second-order valence-corrected chi connectivity index (χ2v) is 4.45. The van der Waals surface area contributed by atoms with Crippen molar-refractivity contribution < 1.29 is 9.53 Å². The molecule has 0 atom stereocenters. The summed E-state index contributed by atoms with van der Waals surface area (Å²) in [4.78, 5) is 13.5. The Hall–Kier alpha value is -2.02. The number of hydrogen-bond donors (Lipinski definition) is 0. The largest absolute Gasteiger partial charge is 0.461 e. The molecule has 0 unspecified atom stereocenters. The fourth-order valence-corrected chi connectivity index (χ4v) is 2.06. The van der Waals surface area contributed by atoms with Gasteiger partial charge in [0.05, 0.1) is 5.92 Å². The van der Waals surface area contributed by atoms with Gasteiger partial charge in [-0.25, -0.2) is 0 Å². The monoisotopic (exact) mass is 244 g/mol. The van der Waals surface area contributed by atoms with Crippen molar-refractivity contribution in [1.29, 1.82) is 5.26 Å². The maximum atomic E-state index is 11.8. The molecule has 0 saturated carbocycles. The quantitative estimate of drug-likeness (QED) is 0.602. The van der Waals surface area contributed by atoms with E-state index < -0.39 is 0 Å². The zero-order valence-electron chi connectivity index (χ0n) is 10.2. The molecule has 0 aromatic heterocycles. The average molecular weight is 244 g/mol. The molecule has 0 N–H and O–H groups in total. The fraction of sp³-hybridized carbons (Fsp3) is 0.429. The van der Waals surface area contributed by atoms with E-state index in [-0.39, 0.29) is 11.9 Å². The summed E-state index contributed by atoms with van der Waals surface area (Å²) in [6.07, 6.45) is 3.52. The Balaban J connectivity index is 1.78. The van der Waals surface area contributed by atoms with Crippen LogP contribution < -0.4 is 0 Å². The highest BCUT2D eigenvalue weighted by atomic mass is 16.5. The summed E-state index contributed by atoms with van der Waals surface area (Å²) in [5, 5.41) is 8.73. The molecule has 1 aromatic rings. The number of rotatable bonds is 3. The third kappa shape index (κ3) is 3.24. The Labute approximate surface area is 107 Å². The van der Waals surface area contributed by atoms with Gasteiger partial charge in [0.2, 0.25) is 0 Å². The van der Waals surface area contributed by atoms with E-state index in [4.69, 9.17) is 10.00 Å². The molecule has 1 fully saturated rings. The van der Waals surface area contributed by atoms with Crippen molar-refractivity contribution in [1.82, 2.24) is 4.90 Å². The van der Waals surface area contributed by atoms with Gasteiger partial charge in [-0.05, 0) is 18.4 Å². The van der Waals surface area contributed by atoms with E-state index in [2.05, 4.69) is 6.19 Å². The van der Waals surface area contributed by atoms with Crippen LogP contribution in [0.1, 0.15) is 18.4 Å². The fourth-order valence-electron chi connectivity index (χ4n) is 2.06.